The second kappa shape index (κ2) is 7.81. The predicted octanol–water partition coefficient (Wildman–Crippen LogP) is 0.00740. The molecule has 96 valence electrons. The maximum atomic E-state index is 11.6. The van der Waals surface area contributed by atoms with Crippen LogP contribution in [0.5, 0.6) is 5.75 Å². The number of rotatable bonds is 8. The van der Waals surface area contributed by atoms with Crippen LogP contribution in [0.2, 0.25) is 0 Å². The number of nitrogens with two attached hydrogens (primary N) is 1. The van der Waals surface area contributed by atoms with Crippen molar-refractivity contribution in [2.24, 2.45) is 5.73 Å². The first-order valence-electron chi connectivity index (χ1n) is 5.67. The molecule has 2 N–H and O–H groups in total. The second-order valence-corrected chi connectivity index (χ2v) is 3.59. The molecule has 0 fully saturated rings. The summed E-state index contributed by atoms with van der Waals surface area (Å²) in [5.74, 6) is 0.492. The Kier molecular flexibility index (Phi) is 6.27. The Balaban J connectivity index is 2.50. The Morgan fingerprint density at radius 2 is 2.24 bits per heavy atom. The Hall–Kier alpha value is -1.40. The van der Waals surface area contributed by atoms with Gasteiger partial charge in [-0.1, -0.05) is 0 Å². The van der Waals surface area contributed by atoms with Crippen LogP contribution in [0.1, 0.15) is 12.8 Å². The van der Waals surface area contributed by atoms with Crippen molar-refractivity contribution in [1.29, 1.82) is 0 Å². The minimum absolute atomic E-state index is 0.161. The molecule has 0 aliphatic rings. The van der Waals surface area contributed by atoms with Crippen molar-refractivity contribution in [3.05, 3.63) is 22.6 Å². The van der Waals surface area contributed by atoms with Gasteiger partial charge >= 0.3 is 0 Å². The maximum Gasteiger partial charge on any atom is 0.270 e. The van der Waals surface area contributed by atoms with Crippen molar-refractivity contribution in [3.8, 4) is 5.75 Å². The van der Waals surface area contributed by atoms with E-state index in [1.165, 1.54) is 10.7 Å². The Bertz CT molecular complexity index is 378. The van der Waals surface area contributed by atoms with Crippen LogP contribution in [-0.4, -0.2) is 36.6 Å². The molecular weight excluding hydrogens is 222 g/mol. The van der Waals surface area contributed by atoms with Gasteiger partial charge in [-0.25, -0.2) is 4.68 Å². The smallest absolute Gasteiger partial charge is 0.270 e. The Morgan fingerprint density at radius 3 is 2.88 bits per heavy atom. The van der Waals surface area contributed by atoms with E-state index in [0.717, 1.165) is 12.8 Å². The highest BCUT2D eigenvalue weighted by Crippen LogP contribution is 2.03. The molecule has 0 amide bonds. The van der Waals surface area contributed by atoms with E-state index in [9.17, 15) is 4.79 Å². The SMILES string of the molecule is COCCCn1ncc(OCCCN)cc1=O. The average molecular weight is 241 g/mol. The van der Waals surface area contributed by atoms with Gasteiger partial charge in [0.15, 0.2) is 0 Å². The van der Waals surface area contributed by atoms with Gasteiger partial charge in [-0.15, -0.1) is 0 Å². The van der Waals surface area contributed by atoms with Crippen LogP contribution in [0.25, 0.3) is 0 Å². The lowest BCUT2D eigenvalue weighted by molar-refractivity contribution is 0.188. The fourth-order valence-corrected chi connectivity index (χ4v) is 1.30. The number of aryl methyl sites for hydroxylation is 1. The first kappa shape index (κ1) is 13.7. The van der Waals surface area contributed by atoms with Crippen molar-refractivity contribution in [3.63, 3.8) is 0 Å². The fraction of sp³-hybridized carbons (Fsp3) is 0.636. The third-order valence-corrected chi connectivity index (χ3v) is 2.18. The third kappa shape index (κ3) is 4.97. The molecule has 0 spiro atoms. The summed E-state index contributed by atoms with van der Waals surface area (Å²) in [6.07, 6.45) is 3.07. The summed E-state index contributed by atoms with van der Waals surface area (Å²) < 4.78 is 11.6. The van der Waals surface area contributed by atoms with Gasteiger partial charge in [-0.2, -0.15) is 5.10 Å². The van der Waals surface area contributed by atoms with Crippen molar-refractivity contribution in [2.45, 2.75) is 19.4 Å². The lowest BCUT2D eigenvalue weighted by Crippen LogP contribution is -2.22. The van der Waals surface area contributed by atoms with Crippen molar-refractivity contribution < 1.29 is 9.47 Å². The van der Waals surface area contributed by atoms with Crippen LogP contribution in [0.3, 0.4) is 0 Å². The molecule has 0 unspecified atom stereocenters. The molecule has 0 atom stereocenters. The molecule has 0 aromatic carbocycles. The fourth-order valence-electron chi connectivity index (χ4n) is 1.30. The first-order chi connectivity index (χ1) is 8.27. The largest absolute Gasteiger partial charge is 0.492 e. The molecule has 6 nitrogen and oxygen atoms in total. The predicted molar refractivity (Wildman–Crippen MR) is 64.2 cm³/mol. The van der Waals surface area contributed by atoms with Gasteiger partial charge in [0.1, 0.15) is 5.75 Å². The van der Waals surface area contributed by atoms with Gasteiger partial charge in [0.25, 0.3) is 5.56 Å². The molecule has 1 rings (SSSR count). The van der Waals surface area contributed by atoms with Crippen molar-refractivity contribution >= 4 is 0 Å². The normalized spacial score (nSPS) is 10.5. The second-order valence-electron chi connectivity index (χ2n) is 3.59. The zero-order valence-corrected chi connectivity index (χ0v) is 10.1. The minimum atomic E-state index is -0.161. The zero-order valence-electron chi connectivity index (χ0n) is 10.1. The highest BCUT2D eigenvalue weighted by atomic mass is 16.5. The minimum Gasteiger partial charge on any atom is -0.492 e. The van der Waals surface area contributed by atoms with Crippen LogP contribution in [0.4, 0.5) is 0 Å². The molecule has 0 aliphatic heterocycles. The standard InChI is InChI=1S/C11H19N3O3/c1-16-6-3-5-14-11(15)8-10(9-13-14)17-7-2-4-12/h8-9H,2-7,12H2,1H3. The Labute approximate surface area is 100 Å². The number of nitrogens with zero attached hydrogens (tertiary/aromatic N) is 2. The van der Waals surface area contributed by atoms with Gasteiger partial charge in [-0.05, 0) is 19.4 Å². The van der Waals surface area contributed by atoms with E-state index < -0.39 is 0 Å². The van der Waals surface area contributed by atoms with E-state index in [1.54, 1.807) is 13.3 Å². The molecule has 0 saturated carbocycles. The van der Waals surface area contributed by atoms with Crippen LogP contribution >= 0.6 is 0 Å². The van der Waals surface area contributed by atoms with Crippen LogP contribution in [-0.2, 0) is 11.3 Å². The molecule has 1 aromatic rings. The zero-order chi connectivity index (χ0) is 12.5. The summed E-state index contributed by atoms with van der Waals surface area (Å²) in [5, 5.41) is 4.02. The number of aromatic nitrogens is 2. The Morgan fingerprint density at radius 1 is 1.41 bits per heavy atom. The van der Waals surface area contributed by atoms with Gasteiger partial charge in [-0.3, -0.25) is 4.79 Å². The first-order valence-corrected chi connectivity index (χ1v) is 5.67. The molecule has 17 heavy (non-hydrogen) atoms. The topological polar surface area (TPSA) is 79.4 Å². The number of hydrogen-bond donors (Lipinski definition) is 1. The molecule has 1 heterocycles. The molecular formula is C11H19N3O3. The van der Waals surface area contributed by atoms with E-state index in [1.807, 2.05) is 0 Å². The van der Waals surface area contributed by atoms with E-state index >= 15 is 0 Å². The monoisotopic (exact) mass is 241 g/mol. The highest BCUT2D eigenvalue weighted by Gasteiger charge is 2.00. The summed E-state index contributed by atoms with van der Waals surface area (Å²) >= 11 is 0. The lowest BCUT2D eigenvalue weighted by Gasteiger charge is -2.07. The number of ether oxygens (including phenoxy) is 2. The van der Waals surface area contributed by atoms with Gasteiger partial charge in [0.2, 0.25) is 0 Å². The van der Waals surface area contributed by atoms with E-state index in [2.05, 4.69) is 5.10 Å². The van der Waals surface area contributed by atoms with Crippen LogP contribution in [0.15, 0.2) is 17.1 Å². The van der Waals surface area contributed by atoms with Gasteiger partial charge < -0.3 is 15.2 Å². The molecule has 6 heteroatoms. The third-order valence-electron chi connectivity index (χ3n) is 2.18. The lowest BCUT2D eigenvalue weighted by atomic mass is 10.4. The highest BCUT2D eigenvalue weighted by molar-refractivity contribution is 5.13. The summed E-state index contributed by atoms with van der Waals surface area (Å²) in [6, 6.07) is 1.44. The van der Waals surface area contributed by atoms with Crippen molar-refractivity contribution in [2.75, 3.05) is 26.9 Å². The summed E-state index contributed by atoms with van der Waals surface area (Å²) in [5.41, 5.74) is 5.18. The van der Waals surface area contributed by atoms with Crippen LogP contribution in [0, 0.1) is 0 Å². The summed E-state index contributed by atoms with van der Waals surface area (Å²) in [6.45, 7) is 2.24. The molecule has 0 bridgehead atoms. The van der Waals surface area contributed by atoms with E-state index in [4.69, 9.17) is 15.2 Å². The molecule has 0 aliphatic carbocycles. The van der Waals surface area contributed by atoms with E-state index in [0.29, 0.717) is 32.1 Å². The van der Waals surface area contributed by atoms with E-state index in [-0.39, 0.29) is 5.56 Å². The quantitative estimate of drug-likeness (QED) is 0.648. The summed E-state index contributed by atoms with van der Waals surface area (Å²) in [4.78, 5) is 11.6. The van der Waals surface area contributed by atoms with Crippen molar-refractivity contribution in [1.82, 2.24) is 9.78 Å². The molecule has 0 radical (unpaired) electrons. The number of hydrogen-bond acceptors (Lipinski definition) is 5. The van der Waals surface area contributed by atoms with Gasteiger partial charge in [0.05, 0.1) is 12.8 Å². The molecule has 0 saturated heterocycles. The average Bonchev–Trinajstić information content (AvgIpc) is 2.32. The molecule has 1 aromatic heterocycles. The maximum absolute atomic E-state index is 11.6. The summed E-state index contributed by atoms with van der Waals surface area (Å²) in [7, 11) is 1.63. The number of methoxy groups -OCH3 is 1. The van der Waals surface area contributed by atoms with Crippen LogP contribution < -0.4 is 16.0 Å². The van der Waals surface area contributed by atoms with Gasteiger partial charge in [0, 0.05) is 26.3 Å².